The molecule has 3 atom stereocenters. The number of hydrogen-bond acceptors (Lipinski definition) is 4. The lowest BCUT2D eigenvalue weighted by Crippen LogP contribution is -2.68. The van der Waals surface area contributed by atoms with E-state index < -0.39 is 27.3 Å². The molecule has 6 nitrogen and oxygen atoms in total. The second kappa shape index (κ2) is 5.26. The van der Waals surface area contributed by atoms with E-state index in [9.17, 15) is 18.0 Å². The maximum atomic E-state index is 12.8. The Balaban J connectivity index is 2.34. The van der Waals surface area contributed by atoms with Crippen LogP contribution in [0, 0.1) is 5.41 Å². The summed E-state index contributed by atoms with van der Waals surface area (Å²) in [5, 5.41) is 2.80. The minimum atomic E-state index is -3.10. The van der Waals surface area contributed by atoms with Crippen LogP contribution >= 0.6 is 0 Å². The summed E-state index contributed by atoms with van der Waals surface area (Å²) in [7, 11) is -3.10. The zero-order chi connectivity index (χ0) is 16.0. The molecule has 0 saturated carbocycles. The molecule has 1 N–H and O–H groups in total. The van der Waals surface area contributed by atoms with Gasteiger partial charge >= 0.3 is 0 Å². The van der Waals surface area contributed by atoms with Crippen molar-refractivity contribution in [3.8, 4) is 0 Å². The van der Waals surface area contributed by atoms with E-state index in [0.29, 0.717) is 12.8 Å². The molecule has 3 unspecified atom stereocenters. The summed E-state index contributed by atoms with van der Waals surface area (Å²) in [5.74, 6) is -0.267. The summed E-state index contributed by atoms with van der Waals surface area (Å²) in [5.41, 5.74) is -0.402. The number of nitrogens with zero attached hydrogens (tertiary/aromatic N) is 1. The Morgan fingerprint density at radius 1 is 1.29 bits per heavy atom. The zero-order valence-electron chi connectivity index (χ0n) is 13.0. The first-order valence-electron chi connectivity index (χ1n) is 7.40. The molecule has 2 saturated heterocycles. The maximum Gasteiger partial charge on any atom is 0.246 e. The van der Waals surface area contributed by atoms with Gasteiger partial charge in [-0.25, -0.2) is 8.42 Å². The highest BCUT2D eigenvalue weighted by atomic mass is 32.2. The quantitative estimate of drug-likeness (QED) is 0.795. The van der Waals surface area contributed by atoms with Crippen molar-refractivity contribution in [3.05, 3.63) is 0 Å². The Hall–Kier alpha value is -1.11. The van der Waals surface area contributed by atoms with Gasteiger partial charge in [0.05, 0.1) is 11.5 Å². The van der Waals surface area contributed by atoms with E-state index in [2.05, 4.69) is 5.32 Å². The van der Waals surface area contributed by atoms with Crippen molar-refractivity contribution < 1.29 is 18.0 Å². The molecule has 7 heteroatoms. The smallest absolute Gasteiger partial charge is 0.246 e. The van der Waals surface area contributed by atoms with Crippen molar-refractivity contribution in [1.82, 2.24) is 10.2 Å². The second-order valence-electron chi connectivity index (χ2n) is 7.03. The first-order valence-corrected chi connectivity index (χ1v) is 9.22. The van der Waals surface area contributed by atoms with Gasteiger partial charge in [-0.2, -0.15) is 0 Å². The fourth-order valence-corrected chi connectivity index (χ4v) is 4.84. The van der Waals surface area contributed by atoms with Gasteiger partial charge < -0.3 is 10.2 Å². The van der Waals surface area contributed by atoms with Crippen LogP contribution in [0.4, 0.5) is 0 Å². The van der Waals surface area contributed by atoms with Crippen LogP contribution in [0.1, 0.15) is 40.5 Å². The third-order valence-corrected chi connectivity index (χ3v) is 6.03. The van der Waals surface area contributed by atoms with Gasteiger partial charge in [-0.3, -0.25) is 9.59 Å². The second-order valence-corrected chi connectivity index (χ2v) is 9.26. The molecule has 0 aromatic heterocycles. The molecule has 0 radical (unpaired) electrons. The molecule has 0 aliphatic carbocycles. The van der Waals surface area contributed by atoms with Crippen molar-refractivity contribution in [2.75, 3.05) is 11.5 Å². The molecule has 0 aromatic carbocycles. The summed E-state index contributed by atoms with van der Waals surface area (Å²) in [6.45, 7) is 7.52. The van der Waals surface area contributed by atoms with Gasteiger partial charge in [0.2, 0.25) is 11.8 Å². The molecule has 2 rings (SSSR count). The van der Waals surface area contributed by atoms with Crippen LogP contribution in [0.3, 0.4) is 0 Å². The largest absolute Gasteiger partial charge is 0.342 e. The topological polar surface area (TPSA) is 83.6 Å². The summed E-state index contributed by atoms with van der Waals surface area (Å²) in [6, 6.07) is -1.53. The number of sulfone groups is 1. The lowest BCUT2D eigenvalue weighted by atomic mass is 9.83. The number of hydrogen-bond donors (Lipinski definition) is 1. The Labute approximate surface area is 126 Å². The highest BCUT2D eigenvalue weighted by molar-refractivity contribution is 7.91. The van der Waals surface area contributed by atoms with E-state index in [4.69, 9.17) is 0 Å². The molecule has 2 amide bonds. The molecule has 0 spiro atoms. The molecule has 0 aromatic rings. The Morgan fingerprint density at radius 3 is 2.33 bits per heavy atom. The van der Waals surface area contributed by atoms with Crippen LogP contribution in [0.15, 0.2) is 0 Å². The third-order valence-electron chi connectivity index (χ3n) is 4.28. The molecule has 0 bridgehead atoms. The predicted molar refractivity (Wildman–Crippen MR) is 79.4 cm³/mol. The van der Waals surface area contributed by atoms with Gasteiger partial charge in [-0.05, 0) is 18.3 Å². The minimum Gasteiger partial charge on any atom is -0.342 e. The van der Waals surface area contributed by atoms with Crippen molar-refractivity contribution >= 4 is 21.7 Å². The van der Waals surface area contributed by atoms with Gasteiger partial charge in [0.1, 0.15) is 12.1 Å². The molecule has 2 aliphatic rings. The van der Waals surface area contributed by atoms with Crippen LogP contribution in [-0.4, -0.2) is 54.8 Å². The van der Waals surface area contributed by atoms with Gasteiger partial charge in [-0.1, -0.05) is 27.7 Å². The molecule has 2 fully saturated rings. The summed E-state index contributed by atoms with van der Waals surface area (Å²) in [4.78, 5) is 26.6. The zero-order valence-corrected chi connectivity index (χ0v) is 13.9. The first kappa shape index (κ1) is 16.3. The van der Waals surface area contributed by atoms with Gasteiger partial charge in [0, 0.05) is 6.04 Å². The molecule has 21 heavy (non-hydrogen) atoms. The average Bonchev–Trinajstić information content (AvgIpc) is 2.69. The summed E-state index contributed by atoms with van der Waals surface area (Å²) < 4.78 is 23.4. The van der Waals surface area contributed by atoms with Crippen molar-refractivity contribution in [2.45, 2.75) is 58.7 Å². The monoisotopic (exact) mass is 316 g/mol. The number of piperazine rings is 1. The minimum absolute atomic E-state index is 0.0284. The van der Waals surface area contributed by atoms with E-state index in [-0.39, 0.29) is 29.4 Å². The Morgan fingerprint density at radius 2 is 1.90 bits per heavy atom. The number of nitrogens with one attached hydrogen (secondary N) is 1. The fourth-order valence-electron chi connectivity index (χ4n) is 3.13. The van der Waals surface area contributed by atoms with Gasteiger partial charge in [-0.15, -0.1) is 0 Å². The van der Waals surface area contributed by atoms with E-state index in [0.717, 1.165) is 0 Å². The normalized spacial score (nSPS) is 33.1. The van der Waals surface area contributed by atoms with Crippen LogP contribution in [0.25, 0.3) is 0 Å². The number of carbonyl (C=O) groups excluding carboxylic acids is 2. The number of rotatable bonds is 2. The van der Waals surface area contributed by atoms with Crippen molar-refractivity contribution in [3.63, 3.8) is 0 Å². The third kappa shape index (κ3) is 3.07. The van der Waals surface area contributed by atoms with E-state index >= 15 is 0 Å². The predicted octanol–water partition coefficient (Wildman–Crippen LogP) is 0.325. The molecule has 2 heterocycles. The summed E-state index contributed by atoms with van der Waals surface area (Å²) >= 11 is 0. The maximum absolute atomic E-state index is 12.8. The average molecular weight is 316 g/mol. The Kier molecular flexibility index (Phi) is 4.08. The lowest BCUT2D eigenvalue weighted by Gasteiger charge is -2.45. The Bertz CT molecular complexity index is 550. The molecule has 120 valence electrons. The number of carbonyl (C=O) groups is 2. The highest BCUT2D eigenvalue weighted by Gasteiger charge is 2.48. The van der Waals surface area contributed by atoms with E-state index in [1.54, 1.807) is 4.90 Å². The van der Waals surface area contributed by atoms with Crippen LogP contribution in [0.5, 0.6) is 0 Å². The molecular formula is C14H24N2O4S. The van der Waals surface area contributed by atoms with Crippen LogP contribution < -0.4 is 5.32 Å². The van der Waals surface area contributed by atoms with Gasteiger partial charge in [0.15, 0.2) is 9.84 Å². The van der Waals surface area contributed by atoms with Crippen LogP contribution in [0.2, 0.25) is 0 Å². The molecular weight excluding hydrogens is 292 g/mol. The van der Waals surface area contributed by atoms with Crippen molar-refractivity contribution in [2.24, 2.45) is 5.41 Å². The molecule has 2 aliphatic heterocycles. The van der Waals surface area contributed by atoms with Gasteiger partial charge in [0.25, 0.3) is 0 Å². The van der Waals surface area contributed by atoms with Crippen molar-refractivity contribution in [1.29, 1.82) is 0 Å². The number of amides is 2. The van der Waals surface area contributed by atoms with E-state index in [1.807, 2.05) is 27.7 Å². The standard InChI is InChI=1S/C14H24N2O4S/c1-5-10-12(17)15-11(14(2,3)4)13(18)16(10)9-6-7-21(19,20)8-9/h9-11H,5-8H2,1-4H3,(H,15,17). The first-order chi connectivity index (χ1) is 9.57. The summed E-state index contributed by atoms with van der Waals surface area (Å²) in [6.07, 6.45) is 0.916. The lowest BCUT2D eigenvalue weighted by molar-refractivity contribution is -0.154. The van der Waals surface area contributed by atoms with Crippen LogP contribution in [-0.2, 0) is 19.4 Å². The highest BCUT2D eigenvalue weighted by Crippen LogP contribution is 2.30. The fraction of sp³-hybridized carbons (Fsp3) is 0.857. The SMILES string of the molecule is CCC1C(=O)NC(C(C)(C)C)C(=O)N1C1CCS(=O)(=O)C1. The van der Waals surface area contributed by atoms with E-state index in [1.165, 1.54) is 0 Å².